The van der Waals surface area contributed by atoms with Gasteiger partial charge in [-0.25, -0.2) is 9.36 Å². The molecule has 5 N–H and O–H groups in total. The molecular formula is CH11Na4O7P. The van der Waals surface area contributed by atoms with Gasteiger partial charge in [-0.15, -0.1) is 0 Å². The van der Waals surface area contributed by atoms with E-state index in [1.54, 1.807) is 0 Å². The second-order valence-corrected chi connectivity index (χ2v) is 1.82. The summed E-state index contributed by atoms with van der Waals surface area (Å²) in [7, 11) is -4.64. The van der Waals surface area contributed by atoms with Gasteiger partial charge in [0.2, 0.25) is 0 Å². The zero-order valence-corrected chi connectivity index (χ0v) is 16.9. The van der Waals surface area contributed by atoms with Crippen molar-refractivity contribution in [1.82, 2.24) is 0 Å². The van der Waals surface area contributed by atoms with E-state index in [2.05, 4.69) is 0 Å². The first-order valence-corrected chi connectivity index (χ1v) is 3.00. The van der Waals surface area contributed by atoms with Crippen molar-refractivity contribution in [3.63, 3.8) is 0 Å². The molecule has 0 amide bonds. The standard InChI is InChI=1S/CH2O3.4Na.H3O4P.H2.4H/c2-1(3)4;;;;;1-5(2,3)4;;;;;/h(H2,2,3,4);;;;;(H3,1,2,3,4);1H;;;;/q;4*+1;;;4*-1. The van der Waals surface area contributed by atoms with Crippen molar-refractivity contribution in [3.05, 3.63) is 0 Å². The van der Waals surface area contributed by atoms with Crippen LogP contribution in [0.1, 0.15) is 7.13 Å². The van der Waals surface area contributed by atoms with Crippen LogP contribution < -0.4 is 118 Å². The fourth-order valence-corrected chi connectivity index (χ4v) is 0. The Hall–Kier alpha value is 3.38. The van der Waals surface area contributed by atoms with Crippen LogP contribution in [0.3, 0.4) is 0 Å². The van der Waals surface area contributed by atoms with E-state index in [1.165, 1.54) is 0 Å². The molecule has 12 heteroatoms. The molecular weight excluding hydrogens is 247 g/mol. The van der Waals surface area contributed by atoms with Crippen LogP contribution in [0.5, 0.6) is 0 Å². The maximum atomic E-state index is 8.88. The van der Waals surface area contributed by atoms with Gasteiger partial charge in [0.1, 0.15) is 0 Å². The van der Waals surface area contributed by atoms with Gasteiger partial charge in [-0.3, -0.25) is 0 Å². The summed E-state index contributed by atoms with van der Waals surface area (Å²) in [5.41, 5.74) is 0. The quantitative estimate of drug-likeness (QED) is 0.215. The molecule has 0 aromatic rings. The van der Waals surface area contributed by atoms with Crippen molar-refractivity contribution >= 4 is 14.0 Å². The van der Waals surface area contributed by atoms with Gasteiger partial charge in [0.05, 0.1) is 0 Å². The van der Waals surface area contributed by atoms with E-state index in [0.29, 0.717) is 0 Å². The minimum Gasteiger partial charge on any atom is -1.00 e. The van der Waals surface area contributed by atoms with Gasteiger partial charge in [-0.2, -0.15) is 0 Å². The average molecular weight is 258 g/mol. The molecule has 0 aromatic heterocycles. The number of hydrogen-bond acceptors (Lipinski definition) is 2. The second kappa shape index (κ2) is 20.8. The van der Waals surface area contributed by atoms with E-state index in [1.807, 2.05) is 0 Å². The first-order valence-electron chi connectivity index (χ1n) is 1.43. The van der Waals surface area contributed by atoms with E-state index in [4.69, 9.17) is 34.3 Å². The van der Waals surface area contributed by atoms with Crippen LogP contribution >= 0.6 is 7.82 Å². The number of carboxylic acid groups (broad SMARTS) is 2. The molecule has 7 nitrogen and oxygen atoms in total. The van der Waals surface area contributed by atoms with Gasteiger partial charge in [0.25, 0.3) is 0 Å². The maximum absolute atomic E-state index is 8.88. The molecule has 0 bridgehead atoms. The Morgan fingerprint density at radius 3 is 1.00 bits per heavy atom. The molecule has 0 aliphatic carbocycles. The third kappa shape index (κ3) is 241. The Balaban J connectivity index is -0.00000000406. The minimum absolute atomic E-state index is 0. The van der Waals surface area contributed by atoms with Gasteiger partial charge in [0.15, 0.2) is 0 Å². The molecule has 0 radical (unpaired) electrons. The Bertz CT molecular complexity index is 136. The summed E-state index contributed by atoms with van der Waals surface area (Å²) in [5.74, 6) is 0. The van der Waals surface area contributed by atoms with E-state index < -0.39 is 14.0 Å². The van der Waals surface area contributed by atoms with Crippen LogP contribution in [0, 0.1) is 0 Å². The summed E-state index contributed by atoms with van der Waals surface area (Å²) in [4.78, 5) is 30.1. The fourth-order valence-electron chi connectivity index (χ4n) is 0. The van der Waals surface area contributed by atoms with Gasteiger partial charge >= 0.3 is 132 Å². The summed E-state index contributed by atoms with van der Waals surface area (Å²) in [6, 6.07) is 0. The van der Waals surface area contributed by atoms with Crippen molar-refractivity contribution in [1.29, 1.82) is 0 Å². The molecule has 0 unspecified atom stereocenters. The molecule has 0 spiro atoms. The van der Waals surface area contributed by atoms with E-state index >= 15 is 0 Å². The van der Waals surface area contributed by atoms with Crippen LogP contribution in [0.2, 0.25) is 0 Å². The van der Waals surface area contributed by atoms with E-state index in [-0.39, 0.29) is 125 Å². The van der Waals surface area contributed by atoms with Crippen molar-refractivity contribution < 1.29 is 160 Å². The summed E-state index contributed by atoms with van der Waals surface area (Å²) in [6.45, 7) is 0. The van der Waals surface area contributed by atoms with Gasteiger partial charge < -0.3 is 30.6 Å². The zero-order chi connectivity index (χ0) is 8.08. The SMILES string of the molecule is O=C(O)O.O=P(O)(O)O.[H-].[H-].[H-].[H-].[HH].[Na+].[Na+].[Na+].[Na+]. The smallest absolute Gasteiger partial charge is 1.00 e. The monoisotopic (exact) mass is 258 g/mol. The number of phosphoric acid groups is 1. The normalized spacial score (nSPS) is 6.38. The predicted molar refractivity (Wildman–Crippen MR) is 31.5 cm³/mol. The van der Waals surface area contributed by atoms with Crippen molar-refractivity contribution in [2.24, 2.45) is 0 Å². The summed E-state index contributed by atoms with van der Waals surface area (Å²) in [6.07, 6.45) is -1.83. The Morgan fingerprint density at radius 2 is 1.00 bits per heavy atom. The largest absolute Gasteiger partial charge is 1.00 e. The molecule has 0 saturated carbocycles. The first kappa shape index (κ1) is 36.0. The number of rotatable bonds is 0. The van der Waals surface area contributed by atoms with Crippen molar-refractivity contribution in [2.45, 2.75) is 0 Å². The molecule has 0 atom stereocenters. The van der Waals surface area contributed by atoms with Crippen molar-refractivity contribution in [3.8, 4) is 0 Å². The van der Waals surface area contributed by atoms with Gasteiger partial charge in [0, 0.05) is 1.43 Å². The molecule has 13 heavy (non-hydrogen) atoms. The Morgan fingerprint density at radius 1 is 1.00 bits per heavy atom. The van der Waals surface area contributed by atoms with Crippen LogP contribution in [0.15, 0.2) is 0 Å². The average Bonchev–Trinajstić information content (AvgIpc) is 1.19. The third-order valence-corrected chi connectivity index (χ3v) is 0. The Labute approximate surface area is 171 Å². The second-order valence-electron chi connectivity index (χ2n) is 0.796. The van der Waals surface area contributed by atoms with Crippen molar-refractivity contribution in [2.75, 3.05) is 0 Å². The number of hydrogen-bond donors (Lipinski definition) is 5. The molecule has 0 aromatic carbocycles. The molecule has 0 fully saturated rings. The minimum atomic E-state index is -4.64. The van der Waals surface area contributed by atoms with Gasteiger partial charge in [-0.1, -0.05) is 0 Å². The molecule has 66 valence electrons. The van der Waals surface area contributed by atoms with Crippen LogP contribution in [0.4, 0.5) is 4.79 Å². The number of carbonyl (C=O) groups is 1. The predicted octanol–water partition coefficient (Wildman–Crippen LogP) is -12.0. The van der Waals surface area contributed by atoms with Gasteiger partial charge in [-0.05, 0) is 0 Å². The summed E-state index contributed by atoms with van der Waals surface area (Å²) in [5, 5.41) is 13.9. The Kier molecular flexibility index (Phi) is 57.4. The molecule has 0 aliphatic heterocycles. The fraction of sp³-hybridized carbons (Fsp3) is 0. The van der Waals surface area contributed by atoms with Crippen LogP contribution in [0.25, 0.3) is 0 Å². The zero-order valence-electron chi connectivity index (χ0n) is 12.0. The summed E-state index contributed by atoms with van der Waals surface area (Å²) < 4.78 is 8.88. The van der Waals surface area contributed by atoms with E-state index in [9.17, 15) is 0 Å². The molecule has 0 aliphatic rings. The molecule has 0 saturated heterocycles. The van der Waals surface area contributed by atoms with Crippen LogP contribution in [-0.2, 0) is 4.57 Å². The maximum Gasteiger partial charge on any atom is 1.00 e. The topological polar surface area (TPSA) is 135 Å². The molecule has 0 heterocycles. The van der Waals surface area contributed by atoms with E-state index in [0.717, 1.165) is 0 Å². The third-order valence-electron chi connectivity index (χ3n) is 0. The van der Waals surface area contributed by atoms with Crippen LogP contribution in [-0.4, -0.2) is 31.0 Å². The summed E-state index contributed by atoms with van der Waals surface area (Å²) >= 11 is 0. The first-order chi connectivity index (χ1) is 3.73. The molecule has 0 rings (SSSR count).